The third-order valence-electron chi connectivity index (χ3n) is 4.41. The van der Waals surface area contributed by atoms with Crippen molar-refractivity contribution in [2.45, 2.75) is 39.2 Å². The van der Waals surface area contributed by atoms with Crippen LogP contribution in [0.25, 0.3) is 0 Å². The Morgan fingerprint density at radius 1 is 0.920 bits per heavy atom. The van der Waals surface area contributed by atoms with Crippen LogP contribution in [0.15, 0.2) is 48.5 Å². The van der Waals surface area contributed by atoms with Crippen molar-refractivity contribution < 1.29 is 4.79 Å². The molecule has 1 heterocycles. The molecule has 1 amide bonds. The number of rotatable bonds is 4. The van der Waals surface area contributed by atoms with Gasteiger partial charge in [-0.2, -0.15) is 0 Å². The van der Waals surface area contributed by atoms with Gasteiger partial charge in [0.2, 0.25) is 5.91 Å². The predicted molar refractivity (Wildman–Crippen MR) is 105 cm³/mol. The summed E-state index contributed by atoms with van der Waals surface area (Å²) in [7, 11) is 0. The number of benzene rings is 2. The molecule has 2 aromatic rings. The van der Waals surface area contributed by atoms with E-state index in [4.69, 9.17) is 11.6 Å². The molecule has 1 aliphatic heterocycles. The summed E-state index contributed by atoms with van der Waals surface area (Å²) in [4.78, 5) is 12.3. The van der Waals surface area contributed by atoms with Crippen LogP contribution in [0.3, 0.4) is 0 Å². The van der Waals surface area contributed by atoms with Crippen LogP contribution < -0.4 is 10.6 Å². The molecule has 2 aromatic carbocycles. The molecule has 2 unspecified atom stereocenters. The van der Waals surface area contributed by atoms with Crippen LogP contribution in [0, 0.1) is 0 Å². The molecule has 134 valence electrons. The maximum atomic E-state index is 12.3. The number of hydrogen-bond donors (Lipinski definition) is 2. The zero-order chi connectivity index (χ0) is 18.2. The van der Waals surface area contributed by atoms with Gasteiger partial charge in [-0.05, 0) is 42.3 Å². The van der Waals surface area contributed by atoms with E-state index < -0.39 is 0 Å². The minimum atomic E-state index is -0.157. The van der Waals surface area contributed by atoms with Crippen molar-refractivity contribution in [3.63, 3.8) is 0 Å². The van der Waals surface area contributed by atoms with Gasteiger partial charge in [0, 0.05) is 5.02 Å². The lowest BCUT2D eigenvalue weighted by Gasteiger charge is -2.32. The standard InChI is InChI=1S/C17H16ClNO.C4H11N/c1-2-11-12-7-3-4-8-13(12)16(19-17(11)20)14-9-5-6-10-15(14)18;1-3-5-4-2/h3-11,16H,2H2,1H3,(H,19,20);5H,3-4H2,1-2H3. The Bertz CT molecular complexity index is 700. The van der Waals surface area contributed by atoms with E-state index >= 15 is 0 Å². The number of amides is 1. The molecule has 0 aromatic heterocycles. The molecule has 0 bridgehead atoms. The summed E-state index contributed by atoms with van der Waals surface area (Å²) in [5, 5.41) is 6.90. The van der Waals surface area contributed by atoms with E-state index in [2.05, 4.69) is 30.5 Å². The minimum Gasteiger partial charge on any atom is -0.345 e. The van der Waals surface area contributed by atoms with E-state index in [1.807, 2.05) is 49.4 Å². The smallest absolute Gasteiger partial charge is 0.228 e. The molecular formula is C21H27ClN2O. The van der Waals surface area contributed by atoms with Crippen LogP contribution >= 0.6 is 11.6 Å². The third kappa shape index (κ3) is 4.62. The van der Waals surface area contributed by atoms with Crippen molar-refractivity contribution in [1.82, 2.24) is 10.6 Å². The molecule has 0 spiro atoms. The fourth-order valence-corrected chi connectivity index (χ4v) is 3.41. The SMILES string of the molecule is CCC1C(=O)NC(c2ccccc2Cl)c2ccccc21.CCNCC. The van der Waals surface area contributed by atoms with Gasteiger partial charge in [-0.3, -0.25) is 4.79 Å². The van der Waals surface area contributed by atoms with Crippen molar-refractivity contribution >= 4 is 17.5 Å². The zero-order valence-electron chi connectivity index (χ0n) is 15.2. The lowest BCUT2D eigenvalue weighted by atomic mass is 9.82. The summed E-state index contributed by atoms with van der Waals surface area (Å²) in [5.74, 6) is 0.0149. The first-order valence-corrected chi connectivity index (χ1v) is 9.36. The highest BCUT2D eigenvalue weighted by atomic mass is 35.5. The van der Waals surface area contributed by atoms with Gasteiger partial charge < -0.3 is 10.6 Å². The van der Waals surface area contributed by atoms with Gasteiger partial charge >= 0.3 is 0 Å². The molecule has 0 saturated heterocycles. The average molecular weight is 359 g/mol. The topological polar surface area (TPSA) is 41.1 Å². The maximum absolute atomic E-state index is 12.3. The van der Waals surface area contributed by atoms with Crippen molar-refractivity contribution in [2.75, 3.05) is 13.1 Å². The van der Waals surface area contributed by atoms with Gasteiger partial charge in [0.1, 0.15) is 0 Å². The van der Waals surface area contributed by atoms with Crippen LogP contribution in [-0.4, -0.2) is 19.0 Å². The molecule has 3 nitrogen and oxygen atoms in total. The fraction of sp³-hybridized carbons (Fsp3) is 0.381. The van der Waals surface area contributed by atoms with Crippen molar-refractivity contribution in [3.8, 4) is 0 Å². The number of halogens is 1. The summed E-state index contributed by atoms with van der Waals surface area (Å²) in [6.45, 7) is 8.43. The van der Waals surface area contributed by atoms with Gasteiger partial charge in [-0.25, -0.2) is 0 Å². The molecule has 0 aliphatic carbocycles. The normalized spacial score (nSPS) is 18.6. The monoisotopic (exact) mass is 358 g/mol. The van der Waals surface area contributed by atoms with Crippen LogP contribution in [0.1, 0.15) is 55.8 Å². The molecule has 2 N–H and O–H groups in total. The van der Waals surface area contributed by atoms with Crippen LogP contribution in [0.5, 0.6) is 0 Å². The van der Waals surface area contributed by atoms with E-state index in [-0.39, 0.29) is 17.9 Å². The second kappa shape index (κ2) is 9.59. The Morgan fingerprint density at radius 3 is 2.00 bits per heavy atom. The molecule has 1 aliphatic rings. The predicted octanol–water partition coefficient (Wildman–Crippen LogP) is 4.67. The number of nitrogens with one attached hydrogen (secondary N) is 2. The Balaban J connectivity index is 0.000000399. The van der Waals surface area contributed by atoms with E-state index in [0.717, 1.165) is 36.2 Å². The Hall–Kier alpha value is -1.84. The van der Waals surface area contributed by atoms with Gasteiger partial charge in [-0.15, -0.1) is 0 Å². The summed E-state index contributed by atoms with van der Waals surface area (Å²) in [5.41, 5.74) is 3.21. The highest BCUT2D eigenvalue weighted by molar-refractivity contribution is 6.31. The van der Waals surface area contributed by atoms with Crippen LogP contribution in [-0.2, 0) is 4.79 Å². The summed E-state index contributed by atoms with van der Waals surface area (Å²) < 4.78 is 0. The average Bonchev–Trinajstić information content (AvgIpc) is 2.63. The largest absolute Gasteiger partial charge is 0.345 e. The minimum absolute atomic E-state index is 0.0649. The lowest BCUT2D eigenvalue weighted by Crippen LogP contribution is -2.39. The Morgan fingerprint density at radius 2 is 1.48 bits per heavy atom. The first kappa shape index (κ1) is 19.5. The molecule has 25 heavy (non-hydrogen) atoms. The second-order valence-electron chi connectivity index (χ2n) is 6.01. The number of carbonyl (C=O) groups is 1. The maximum Gasteiger partial charge on any atom is 0.228 e. The van der Waals surface area contributed by atoms with Crippen LogP contribution in [0.2, 0.25) is 5.02 Å². The zero-order valence-corrected chi connectivity index (χ0v) is 15.9. The van der Waals surface area contributed by atoms with Gasteiger partial charge in [0.15, 0.2) is 0 Å². The van der Waals surface area contributed by atoms with Crippen molar-refractivity contribution in [1.29, 1.82) is 0 Å². The molecule has 3 rings (SSSR count). The second-order valence-corrected chi connectivity index (χ2v) is 6.42. The molecule has 0 fully saturated rings. The number of fused-ring (bicyclic) bond motifs is 1. The number of carbonyl (C=O) groups excluding carboxylic acids is 1. The summed E-state index contributed by atoms with van der Waals surface area (Å²) in [6.07, 6.45) is 0.804. The van der Waals surface area contributed by atoms with E-state index in [1.54, 1.807) is 0 Å². The van der Waals surface area contributed by atoms with E-state index in [1.165, 1.54) is 0 Å². The van der Waals surface area contributed by atoms with Gasteiger partial charge in [-0.1, -0.05) is 74.8 Å². The highest BCUT2D eigenvalue weighted by Gasteiger charge is 2.33. The molecule has 4 heteroatoms. The number of hydrogen-bond acceptors (Lipinski definition) is 2. The van der Waals surface area contributed by atoms with E-state index in [0.29, 0.717) is 5.02 Å². The van der Waals surface area contributed by atoms with E-state index in [9.17, 15) is 4.79 Å². The fourth-order valence-electron chi connectivity index (χ4n) is 3.16. The Labute approximate surface area is 155 Å². The molecule has 0 saturated carbocycles. The lowest BCUT2D eigenvalue weighted by molar-refractivity contribution is -0.123. The van der Waals surface area contributed by atoms with Crippen LogP contribution in [0.4, 0.5) is 0 Å². The molecule has 2 atom stereocenters. The Kier molecular flexibility index (Phi) is 7.48. The van der Waals surface area contributed by atoms with Gasteiger partial charge in [0.05, 0.1) is 12.0 Å². The summed E-state index contributed by atoms with van der Waals surface area (Å²) in [6, 6.07) is 15.6. The first-order valence-electron chi connectivity index (χ1n) is 8.98. The highest BCUT2D eigenvalue weighted by Crippen LogP contribution is 2.37. The van der Waals surface area contributed by atoms with Gasteiger partial charge in [0.25, 0.3) is 0 Å². The third-order valence-corrected chi connectivity index (χ3v) is 4.75. The van der Waals surface area contributed by atoms with Crippen molar-refractivity contribution in [2.24, 2.45) is 0 Å². The summed E-state index contributed by atoms with van der Waals surface area (Å²) >= 11 is 6.29. The molecule has 0 radical (unpaired) electrons. The quantitative estimate of drug-likeness (QED) is 0.833. The van der Waals surface area contributed by atoms with Crippen molar-refractivity contribution in [3.05, 3.63) is 70.2 Å². The molecular weight excluding hydrogens is 332 g/mol. The first-order chi connectivity index (χ1) is 12.1.